The molecule has 33 heavy (non-hydrogen) atoms. The van der Waals surface area contributed by atoms with E-state index in [9.17, 15) is 38.7 Å². The fourth-order valence-corrected chi connectivity index (χ4v) is 2.40. The summed E-state index contributed by atoms with van der Waals surface area (Å²) in [5.41, 5.74) is 15.3. The van der Waals surface area contributed by atoms with Crippen molar-refractivity contribution in [1.29, 1.82) is 0 Å². The van der Waals surface area contributed by atoms with Crippen molar-refractivity contribution in [2.24, 2.45) is 17.2 Å². The third-order valence-electron chi connectivity index (χ3n) is 4.15. The molecule has 0 saturated carbocycles. The molecule has 0 aliphatic heterocycles. The van der Waals surface area contributed by atoms with Gasteiger partial charge in [0.2, 0.25) is 29.5 Å². The third kappa shape index (κ3) is 12.0. The monoisotopic (exact) mass is 476 g/mol. The zero-order valence-corrected chi connectivity index (χ0v) is 17.5. The number of nitrogens with two attached hydrogens (primary N) is 3. The van der Waals surface area contributed by atoms with E-state index in [1.807, 2.05) is 0 Å². The van der Waals surface area contributed by atoms with Crippen LogP contribution in [0.5, 0.6) is 0 Å². The Kier molecular flexibility index (Phi) is 12.7. The van der Waals surface area contributed by atoms with Gasteiger partial charge in [-0.05, 0) is 12.8 Å². The van der Waals surface area contributed by atoms with E-state index < -0.39 is 91.5 Å². The summed E-state index contributed by atoms with van der Waals surface area (Å²) in [6.07, 6.45) is -2.56. The van der Waals surface area contributed by atoms with Crippen LogP contribution in [0.4, 0.5) is 0 Å². The molecule has 12 N–H and O–H groups in total. The van der Waals surface area contributed by atoms with Gasteiger partial charge in [-0.25, -0.2) is 4.79 Å². The summed E-state index contributed by atoms with van der Waals surface area (Å²) in [6.45, 7) is -0.776. The van der Waals surface area contributed by atoms with Crippen LogP contribution in [0, 0.1) is 0 Å². The molecule has 4 unspecified atom stereocenters. The molecule has 186 valence electrons. The molecule has 0 aliphatic rings. The highest BCUT2D eigenvalue weighted by atomic mass is 16.4. The molecule has 0 rings (SSSR count). The van der Waals surface area contributed by atoms with Crippen LogP contribution in [0.2, 0.25) is 0 Å². The molecule has 16 heteroatoms. The van der Waals surface area contributed by atoms with E-state index in [1.54, 1.807) is 0 Å². The predicted molar refractivity (Wildman–Crippen MR) is 108 cm³/mol. The van der Waals surface area contributed by atoms with Gasteiger partial charge in [0.1, 0.15) is 24.2 Å². The normalized spacial score (nSPS) is 14.1. The Morgan fingerprint density at radius 3 is 1.64 bits per heavy atom. The SMILES string of the molecule is NC(=O)CCC(NC(=O)C(CCC(=O)O)NC(=O)C(CC(N)=O)NC(=O)C(N)CO)C(=O)O. The van der Waals surface area contributed by atoms with Crippen LogP contribution < -0.4 is 33.2 Å². The van der Waals surface area contributed by atoms with Gasteiger partial charge in [-0.15, -0.1) is 0 Å². The fourth-order valence-electron chi connectivity index (χ4n) is 2.40. The highest BCUT2D eigenvalue weighted by Crippen LogP contribution is 2.04. The van der Waals surface area contributed by atoms with Gasteiger partial charge in [0.05, 0.1) is 13.0 Å². The first-order chi connectivity index (χ1) is 15.3. The van der Waals surface area contributed by atoms with Crippen LogP contribution in [0.1, 0.15) is 32.1 Å². The lowest BCUT2D eigenvalue weighted by molar-refractivity contribution is -0.143. The van der Waals surface area contributed by atoms with Crippen LogP contribution in [0.3, 0.4) is 0 Å². The van der Waals surface area contributed by atoms with Crippen molar-refractivity contribution >= 4 is 41.5 Å². The number of carbonyl (C=O) groups is 7. The standard InChI is InChI=1S/C17H28N6O10/c18-7(6-24)14(29)23-10(5-12(20)26)16(31)21-8(2-4-13(27)28)15(30)22-9(17(32)33)1-3-11(19)25/h7-10,24H,1-6,18H2,(H2,19,25)(H2,20,26)(H,21,31)(H,22,30)(H,23,29)(H,27,28)(H,32,33). The molecule has 0 aliphatic carbocycles. The van der Waals surface area contributed by atoms with Crippen molar-refractivity contribution in [2.75, 3.05) is 6.61 Å². The molecular weight excluding hydrogens is 448 g/mol. The molecule has 0 aromatic carbocycles. The molecule has 0 spiro atoms. The summed E-state index contributed by atoms with van der Waals surface area (Å²) in [5.74, 6) is -7.91. The number of primary amides is 2. The quantitative estimate of drug-likeness (QED) is 0.101. The number of hydrogen-bond acceptors (Lipinski definition) is 9. The van der Waals surface area contributed by atoms with Crippen molar-refractivity contribution in [1.82, 2.24) is 16.0 Å². The minimum atomic E-state index is -1.63. The van der Waals surface area contributed by atoms with E-state index in [1.165, 1.54) is 0 Å². The number of nitrogens with one attached hydrogen (secondary N) is 3. The van der Waals surface area contributed by atoms with E-state index in [0.717, 1.165) is 0 Å². The minimum Gasteiger partial charge on any atom is -0.481 e. The summed E-state index contributed by atoms with van der Waals surface area (Å²) in [5, 5.41) is 33.3. The summed E-state index contributed by atoms with van der Waals surface area (Å²) in [6, 6.07) is -6.22. The van der Waals surface area contributed by atoms with Gasteiger partial charge in [0.15, 0.2) is 0 Å². The van der Waals surface area contributed by atoms with Crippen LogP contribution in [0.25, 0.3) is 0 Å². The van der Waals surface area contributed by atoms with E-state index in [2.05, 4.69) is 16.0 Å². The zero-order valence-electron chi connectivity index (χ0n) is 17.5. The number of hydrogen-bond donors (Lipinski definition) is 9. The Balaban J connectivity index is 5.56. The van der Waals surface area contributed by atoms with E-state index in [-0.39, 0.29) is 12.8 Å². The Morgan fingerprint density at radius 2 is 1.18 bits per heavy atom. The first kappa shape index (κ1) is 29.2. The predicted octanol–water partition coefficient (Wildman–Crippen LogP) is -5.15. The highest BCUT2D eigenvalue weighted by Gasteiger charge is 2.31. The number of amides is 5. The number of carboxylic acids is 2. The molecule has 0 bridgehead atoms. The van der Waals surface area contributed by atoms with E-state index in [0.29, 0.717) is 0 Å². The Morgan fingerprint density at radius 1 is 0.697 bits per heavy atom. The lowest BCUT2D eigenvalue weighted by atomic mass is 10.1. The maximum Gasteiger partial charge on any atom is 0.326 e. The Hall–Kier alpha value is -3.79. The van der Waals surface area contributed by atoms with Crippen molar-refractivity contribution in [3.8, 4) is 0 Å². The second kappa shape index (κ2) is 14.3. The second-order valence-electron chi connectivity index (χ2n) is 6.92. The van der Waals surface area contributed by atoms with Crippen LogP contribution >= 0.6 is 0 Å². The zero-order chi connectivity index (χ0) is 25.7. The molecule has 0 saturated heterocycles. The molecule has 0 aromatic heterocycles. The summed E-state index contributed by atoms with van der Waals surface area (Å²) in [4.78, 5) is 81.4. The third-order valence-corrected chi connectivity index (χ3v) is 4.15. The Bertz CT molecular complexity index is 773. The van der Waals surface area contributed by atoms with E-state index >= 15 is 0 Å². The number of aliphatic carboxylic acids is 2. The smallest absolute Gasteiger partial charge is 0.326 e. The largest absolute Gasteiger partial charge is 0.481 e. The minimum absolute atomic E-state index is 0.366. The maximum absolute atomic E-state index is 12.6. The number of carbonyl (C=O) groups excluding carboxylic acids is 5. The lowest BCUT2D eigenvalue weighted by Crippen LogP contribution is -2.58. The van der Waals surface area contributed by atoms with Crippen LogP contribution in [-0.4, -0.2) is 87.6 Å². The number of carboxylic acid groups (broad SMARTS) is 2. The van der Waals surface area contributed by atoms with Gasteiger partial charge < -0.3 is 48.5 Å². The number of rotatable bonds is 16. The molecule has 0 heterocycles. The maximum atomic E-state index is 12.6. The van der Waals surface area contributed by atoms with Crippen LogP contribution in [-0.2, 0) is 33.6 Å². The number of aliphatic hydroxyl groups excluding tert-OH is 1. The summed E-state index contributed by atoms with van der Waals surface area (Å²) >= 11 is 0. The summed E-state index contributed by atoms with van der Waals surface area (Å²) in [7, 11) is 0. The van der Waals surface area contributed by atoms with Gasteiger partial charge >= 0.3 is 11.9 Å². The molecule has 0 aromatic rings. The highest BCUT2D eigenvalue weighted by molar-refractivity contribution is 5.96. The average Bonchev–Trinajstić information content (AvgIpc) is 2.71. The van der Waals surface area contributed by atoms with Crippen molar-refractivity contribution in [3.63, 3.8) is 0 Å². The van der Waals surface area contributed by atoms with Crippen molar-refractivity contribution in [3.05, 3.63) is 0 Å². The summed E-state index contributed by atoms with van der Waals surface area (Å²) < 4.78 is 0. The second-order valence-corrected chi connectivity index (χ2v) is 6.92. The Labute approximate surface area is 187 Å². The molecule has 0 fully saturated rings. The van der Waals surface area contributed by atoms with Crippen LogP contribution in [0.15, 0.2) is 0 Å². The van der Waals surface area contributed by atoms with Crippen molar-refractivity contribution < 1.29 is 48.9 Å². The van der Waals surface area contributed by atoms with Crippen molar-refractivity contribution in [2.45, 2.75) is 56.3 Å². The topological polar surface area (TPSA) is 294 Å². The van der Waals surface area contributed by atoms with Gasteiger partial charge in [-0.1, -0.05) is 0 Å². The van der Waals surface area contributed by atoms with Gasteiger partial charge in [-0.2, -0.15) is 0 Å². The van der Waals surface area contributed by atoms with Gasteiger partial charge in [0, 0.05) is 12.8 Å². The average molecular weight is 476 g/mol. The lowest BCUT2D eigenvalue weighted by Gasteiger charge is -2.24. The van der Waals surface area contributed by atoms with Gasteiger partial charge in [-0.3, -0.25) is 28.8 Å². The first-order valence-electron chi connectivity index (χ1n) is 9.57. The molecule has 16 nitrogen and oxygen atoms in total. The fraction of sp³-hybridized carbons (Fsp3) is 0.588. The van der Waals surface area contributed by atoms with E-state index in [4.69, 9.17) is 27.4 Å². The molecule has 0 radical (unpaired) electrons. The van der Waals surface area contributed by atoms with Gasteiger partial charge in [0.25, 0.3) is 0 Å². The molecule has 5 amide bonds. The number of aliphatic hydroxyl groups is 1. The molecule has 4 atom stereocenters. The molecular formula is C17H28N6O10. The first-order valence-corrected chi connectivity index (χ1v) is 9.57.